The zero-order valence-electron chi connectivity index (χ0n) is 12.0. The Balaban J connectivity index is 2.11. The van der Waals surface area contributed by atoms with Gasteiger partial charge >= 0.3 is 0 Å². The second-order valence-corrected chi connectivity index (χ2v) is 5.84. The zero-order chi connectivity index (χ0) is 13.1. The van der Waals surface area contributed by atoms with Gasteiger partial charge in [-0.1, -0.05) is 32.8 Å². The largest absolute Gasteiger partial charge is 0.311 e. The lowest BCUT2D eigenvalue weighted by Crippen LogP contribution is -2.33. The van der Waals surface area contributed by atoms with Crippen LogP contribution in [-0.2, 0) is 6.54 Å². The van der Waals surface area contributed by atoms with Crippen LogP contribution >= 0.6 is 11.3 Å². The standard InChI is InChI=1S/C15H28N2S/c1-3-5-10-17(11-6-4-2)12-9-16-14-15-8-7-13-18-15/h7-8,13,16H,3-6,9-12,14H2,1-2H3. The van der Waals surface area contributed by atoms with Crippen molar-refractivity contribution in [2.75, 3.05) is 26.2 Å². The summed E-state index contributed by atoms with van der Waals surface area (Å²) in [5, 5.41) is 5.68. The van der Waals surface area contributed by atoms with Gasteiger partial charge in [-0.05, 0) is 37.4 Å². The first-order valence-electron chi connectivity index (χ1n) is 7.32. The molecule has 0 atom stereocenters. The number of unbranched alkanes of at least 4 members (excludes halogenated alkanes) is 2. The predicted molar refractivity (Wildman–Crippen MR) is 82.3 cm³/mol. The zero-order valence-corrected chi connectivity index (χ0v) is 12.8. The van der Waals surface area contributed by atoms with Crippen LogP contribution < -0.4 is 5.32 Å². The molecular weight excluding hydrogens is 240 g/mol. The van der Waals surface area contributed by atoms with Crippen molar-refractivity contribution < 1.29 is 0 Å². The minimum Gasteiger partial charge on any atom is -0.311 e. The van der Waals surface area contributed by atoms with E-state index >= 15 is 0 Å². The van der Waals surface area contributed by atoms with Gasteiger partial charge in [0.1, 0.15) is 0 Å². The van der Waals surface area contributed by atoms with E-state index in [2.05, 4.69) is 41.6 Å². The third-order valence-corrected chi connectivity index (χ3v) is 4.02. The van der Waals surface area contributed by atoms with E-state index in [1.807, 2.05) is 11.3 Å². The monoisotopic (exact) mass is 268 g/mol. The molecule has 0 radical (unpaired) electrons. The highest BCUT2D eigenvalue weighted by Gasteiger charge is 2.03. The molecule has 2 nitrogen and oxygen atoms in total. The smallest absolute Gasteiger partial charge is 0.0300 e. The molecule has 0 spiro atoms. The number of hydrogen-bond acceptors (Lipinski definition) is 3. The lowest BCUT2D eigenvalue weighted by atomic mass is 10.2. The first kappa shape index (κ1) is 15.7. The van der Waals surface area contributed by atoms with Gasteiger partial charge in [0.15, 0.2) is 0 Å². The molecule has 0 bridgehead atoms. The topological polar surface area (TPSA) is 15.3 Å². The molecule has 0 amide bonds. The fraction of sp³-hybridized carbons (Fsp3) is 0.733. The van der Waals surface area contributed by atoms with Crippen LogP contribution in [0.1, 0.15) is 44.4 Å². The van der Waals surface area contributed by atoms with Gasteiger partial charge in [-0.25, -0.2) is 0 Å². The van der Waals surface area contributed by atoms with Gasteiger partial charge in [0, 0.05) is 24.5 Å². The van der Waals surface area contributed by atoms with Crippen molar-refractivity contribution in [1.82, 2.24) is 10.2 Å². The van der Waals surface area contributed by atoms with Gasteiger partial charge in [-0.3, -0.25) is 0 Å². The summed E-state index contributed by atoms with van der Waals surface area (Å²) in [6.45, 7) is 10.4. The van der Waals surface area contributed by atoms with Gasteiger partial charge in [0.25, 0.3) is 0 Å². The summed E-state index contributed by atoms with van der Waals surface area (Å²) in [6, 6.07) is 4.32. The average Bonchev–Trinajstić information content (AvgIpc) is 2.90. The Morgan fingerprint density at radius 2 is 1.83 bits per heavy atom. The third kappa shape index (κ3) is 7.14. The Kier molecular flexibility index (Phi) is 9.17. The lowest BCUT2D eigenvalue weighted by Gasteiger charge is -2.22. The summed E-state index contributed by atoms with van der Waals surface area (Å²) >= 11 is 1.83. The fourth-order valence-corrected chi connectivity index (χ4v) is 2.64. The highest BCUT2D eigenvalue weighted by atomic mass is 32.1. The van der Waals surface area contributed by atoms with Crippen LogP contribution in [0.3, 0.4) is 0 Å². The number of nitrogens with zero attached hydrogens (tertiary/aromatic N) is 1. The molecule has 0 aliphatic rings. The van der Waals surface area contributed by atoms with E-state index in [0.717, 1.165) is 13.1 Å². The molecule has 0 aliphatic heterocycles. The van der Waals surface area contributed by atoms with Crippen molar-refractivity contribution in [2.24, 2.45) is 0 Å². The van der Waals surface area contributed by atoms with Crippen molar-refractivity contribution >= 4 is 11.3 Å². The van der Waals surface area contributed by atoms with E-state index in [-0.39, 0.29) is 0 Å². The highest BCUT2D eigenvalue weighted by molar-refractivity contribution is 7.09. The van der Waals surface area contributed by atoms with Crippen molar-refractivity contribution in [2.45, 2.75) is 46.1 Å². The molecule has 1 N–H and O–H groups in total. The van der Waals surface area contributed by atoms with Crippen molar-refractivity contribution in [3.8, 4) is 0 Å². The number of thiophene rings is 1. The Morgan fingerprint density at radius 3 is 2.39 bits per heavy atom. The predicted octanol–water partition coefficient (Wildman–Crippen LogP) is 3.74. The van der Waals surface area contributed by atoms with Crippen LogP contribution in [0.4, 0.5) is 0 Å². The summed E-state index contributed by atoms with van der Waals surface area (Å²) in [5.41, 5.74) is 0. The van der Waals surface area contributed by atoms with E-state index in [0.29, 0.717) is 0 Å². The maximum absolute atomic E-state index is 3.54. The van der Waals surface area contributed by atoms with Crippen LogP contribution in [0, 0.1) is 0 Å². The van der Waals surface area contributed by atoms with Crippen molar-refractivity contribution in [3.63, 3.8) is 0 Å². The fourth-order valence-electron chi connectivity index (χ4n) is 1.96. The Hall–Kier alpha value is -0.380. The average molecular weight is 268 g/mol. The van der Waals surface area contributed by atoms with E-state index < -0.39 is 0 Å². The van der Waals surface area contributed by atoms with Crippen LogP contribution in [0.25, 0.3) is 0 Å². The number of nitrogens with one attached hydrogen (secondary N) is 1. The first-order chi connectivity index (χ1) is 8.86. The van der Waals surface area contributed by atoms with Crippen molar-refractivity contribution in [3.05, 3.63) is 22.4 Å². The van der Waals surface area contributed by atoms with Crippen LogP contribution in [0.5, 0.6) is 0 Å². The molecule has 18 heavy (non-hydrogen) atoms. The van der Waals surface area contributed by atoms with Gasteiger partial charge in [0.05, 0.1) is 0 Å². The minimum absolute atomic E-state index is 1.02. The van der Waals surface area contributed by atoms with Gasteiger partial charge in [-0.15, -0.1) is 11.3 Å². The number of hydrogen-bond donors (Lipinski definition) is 1. The summed E-state index contributed by atoms with van der Waals surface area (Å²) in [6.07, 6.45) is 5.25. The number of rotatable bonds is 11. The molecule has 104 valence electrons. The molecule has 1 heterocycles. The van der Waals surface area contributed by atoms with E-state index in [1.165, 1.54) is 50.2 Å². The minimum atomic E-state index is 1.02. The Morgan fingerprint density at radius 1 is 1.11 bits per heavy atom. The second kappa shape index (κ2) is 10.5. The Bertz CT molecular complexity index is 264. The SMILES string of the molecule is CCCCN(CCCC)CCNCc1cccs1. The summed E-state index contributed by atoms with van der Waals surface area (Å²) in [4.78, 5) is 4.04. The molecular formula is C15H28N2S. The van der Waals surface area contributed by atoms with E-state index in [1.54, 1.807) is 0 Å². The highest BCUT2D eigenvalue weighted by Crippen LogP contribution is 2.07. The molecule has 0 saturated carbocycles. The van der Waals surface area contributed by atoms with E-state index in [9.17, 15) is 0 Å². The molecule has 0 unspecified atom stereocenters. The second-order valence-electron chi connectivity index (χ2n) is 4.80. The quantitative estimate of drug-likeness (QED) is 0.615. The molecule has 0 aliphatic carbocycles. The summed E-state index contributed by atoms with van der Waals surface area (Å²) < 4.78 is 0. The normalized spacial score (nSPS) is 11.3. The lowest BCUT2D eigenvalue weighted by molar-refractivity contribution is 0.264. The van der Waals surface area contributed by atoms with Gasteiger partial charge in [0.2, 0.25) is 0 Å². The maximum Gasteiger partial charge on any atom is 0.0300 e. The summed E-state index contributed by atoms with van der Waals surface area (Å²) in [7, 11) is 0. The van der Waals surface area contributed by atoms with Gasteiger partial charge in [-0.2, -0.15) is 0 Å². The van der Waals surface area contributed by atoms with Crippen LogP contribution in [-0.4, -0.2) is 31.1 Å². The first-order valence-corrected chi connectivity index (χ1v) is 8.20. The molecule has 3 heteroatoms. The molecule has 1 rings (SSSR count). The summed E-state index contributed by atoms with van der Waals surface area (Å²) in [5.74, 6) is 0. The molecule has 1 aromatic heterocycles. The Labute approximate surface area is 116 Å². The molecule has 0 fully saturated rings. The van der Waals surface area contributed by atoms with Crippen molar-refractivity contribution in [1.29, 1.82) is 0 Å². The molecule has 0 aromatic carbocycles. The van der Waals surface area contributed by atoms with E-state index in [4.69, 9.17) is 0 Å². The third-order valence-electron chi connectivity index (χ3n) is 3.14. The van der Waals surface area contributed by atoms with Crippen LogP contribution in [0.15, 0.2) is 17.5 Å². The molecule has 0 saturated heterocycles. The van der Waals surface area contributed by atoms with Gasteiger partial charge < -0.3 is 10.2 Å². The maximum atomic E-state index is 3.54. The van der Waals surface area contributed by atoms with Crippen LogP contribution in [0.2, 0.25) is 0 Å². The molecule has 1 aromatic rings.